The molecule has 1 amide bonds. The predicted octanol–water partition coefficient (Wildman–Crippen LogP) is 2.94. The van der Waals surface area contributed by atoms with Crippen molar-refractivity contribution in [3.8, 4) is 0 Å². The molecule has 2 heterocycles. The molecule has 132 valence electrons. The van der Waals surface area contributed by atoms with Crippen LogP contribution in [0.1, 0.15) is 24.8 Å². The number of piperidine rings is 2. The Morgan fingerprint density at radius 2 is 2.08 bits per heavy atom. The van der Waals surface area contributed by atoms with Crippen LogP contribution in [0.4, 0.5) is 4.39 Å². The number of amides is 1. The molecular formula is C18H24ClFN2O2. The zero-order valence-electron chi connectivity index (χ0n) is 14.2. The number of carbonyl (C=O) groups excluding carboxylic acids is 1. The Kier molecular flexibility index (Phi) is 5.13. The first kappa shape index (κ1) is 17.6. The second-order valence-electron chi connectivity index (χ2n) is 7.04. The highest BCUT2D eigenvalue weighted by Gasteiger charge is 2.47. The molecule has 0 aliphatic carbocycles. The van der Waals surface area contributed by atoms with Crippen molar-refractivity contribution in [3.63, 3.8) is 0 Å². The molecule has 24 heavy (non-hydrogen) atoms. The van der Waals surface area contributed by atoms with Crippen molar-refractivity contribution >= 4 is 17.5 Å². The monoisotopic (exact) mass is 354 g/mol. The summed E-state index contributed by atoms with van der Waals surface area (Å²) in [6.07, 6.45) is 2.58. The fourth-order valence-electron chi connectivity index (χ4n) is 3.99. The highest BCUT2D eigenvalue weighted by molar-refractivity contribution is 6.31. The summed E-state index contributed by atoms with van der Waals surface area (Å²) in [5.74, 6) is -0.0712. The van der Waals surface area contributed by atoms with Crippen molar-refractivity contribution in [1.82, 2.24) is 9.80 Å². The minimum Gasteiger partial charge on any atom is -0.380 e. The molecule has 1 unspecified atom stereocenters. The van der Waals surface area contributed by atoms with Gasteiger partial charge in [-0.25, -0.2) is 4.39 Å². The zero-order chi connectivity index (χ0) is 17.3. The van der Waals surface area contributed by atoms with Gasteiger partial charge in [-0.15, -0.1) is 0 Å². The maximum Gasteiger partial charge on any atom is 0.228 e. The van der Waals surface area contributed by atoms with Crippen LogP contribution in [0.25, 0.3) is 0 Å². The standard InChI is InChI=1S/C18H24ClFN2O2/c1-21-12-15(24-2)10-18(17(21)23)5-7-22(8-6-18)11-13-3-4-14(20)9-16(13)19/h3-4,9,15H,5-8,10-12H2,1-2H3. The van der Waals surface area contributed by atoms with Gasteiger partial charge < -0.3 is 9.64 Å². The SMILES string of the molecule is COC1CN(C)C(=O)C2(CCN(Cc3ccc(F)cc3Cl)CC2)C1. The number of halogens is 2. The summed E-state index contributed by atoms with van der Waals surface area (Å²) in [4.78, 5) is 16.8. The number of hydrogen-bond donors (Lipinski definition) is 0. The van der Waals surface area contributed by atoms with E-state index in [2.05, 4.69) is 4.90 Å². The van der Waals surface area contributed by atoms with Gasteiger partial charge in [0.05, 0.1) is 11.5 Å². The lowest BCUT2D eigenvalue weighted by atomic mass is 9.71. The van der Waals surface area contributed by atoms with E-state index in [1.165, 1.54) is 12.1 Å². The zero-order valence-corrected chi connectivity index (χ0v) is 15.0. The van der Waals surface area contributed by atoms with Gasteiger partial charge in [-0.3, -0.25) is 9.69 Å². The molecule has 1 aromatic rings. The van der Waals surface area contributed by atoms with Crippen LogP contribution >= 0.6 is 11.6 Å². The molecule has 2 aliphatic rings. The molecule has 2 saturated heterocycles. The fourth-order valence-corrected chi connectivity index (χ4v) is 4.21. The highest BCUT2D eigenvalue weighted by Crippen LogP contribution is 2.41. The molecule has 1 atom stereocenters. The summed E-state index contributed by atoms with van der Waals surface area (Å²) >= 11 is 6.13. The van der Waals surface area contributed by atoms with E-state index in [1.54, 1.807) is 13.2 Å². The molecule has 4 nitrogen and oxygen atoms in total. The lowest BCUT2D eigenvalue weighted by Gasteiger charge is -2.47. The number of likely N-dealkylation sites (N-methyl/N-ethyl adjacent to an activating group) is 1. The predicted molar refractivity (Wildman–Crippen MR) is 91.4 cm³/mol. The van der Waals surface area contributed by atoms with Crippen molar-refractivity contribution in [2.75, 3.05) is 33.8 Å². The van der Waals surface area contributed by atoms with Crippen molar-refractivity contribution in [1.29, 1.82) is 0 Å². The van der Waals surface area contributed by atoms with Gasteiger partial charge in [0.25, 0.3) is 0 Å². The van der Waals surface area contributed by atoms with Crippen LogP contribution in [0.5, 0.6) is 0 Å². The van der Waals surface area contributed by atoms with Crippen molar-refractivity contribution in [2.45, 2.75) is 31.9 Å². The number of ether oxygens (including phenoxy) is 1. The van der Waals surface area contributed by atoms with Gasteiger partial charge in [0.15, 0.2) is 0 Å². The van der Waals surface area contributed by atoms with Crippen LogP contribution in [-0.4, -0.2) is 55.6 Å². The third-order valence-electron chi connectivity index (χ3n) is 5.45. The van der Waals surface area contributed by atoms with Crippen LogP contribution in [0.15, 0.2) is 18.2 Å². The third-order valence-corrected chi connectivity index (χ3v) is 5.80. The molecular weight excluding hydrogens is 331 g/mol. The summed E-state index contributed by atoms with van der Waals surface area (Å²) in [7, 11) is 3.58. The molecule has 2 aliphatic heterocycles. The van der Waals surface area contributed by atoms with Crippen LogP contribution in [0.3, 0.4) is 0 Å². The van der Waals surface area contributed by atoms with Gasteiger partial charge in [-0.1, -0.05) is 17.7 Å². The number of nitrogens with zero attached hydrogens (tertiary/aromatic N) is 2. The van der Waals surface area contributed by atoms with E-state index < -0.39 is 0 Å². The van der Waals surface area contributed by atoms with Gasteiger partial charge in [0.2, 0.25) is 5.91 Å². The molecule has 6 heteroatoms. The van der Waals surface area contributed by atoms with E-state index in [0.29, 0.717) is 18.1 Å². The molecule has 1 spiro atoms. The van der Waals surface area contributed by atoms with Crippen molar-refractivity contribution in [2.24, 2.45) is 5.41 Å². The van der Waals surface area contributed by atoms with Gasteiger partial charge in [-0.2, -0.15) is 0 Å². The van der Waals surface area contributed by atoms with E-state index in [9.17, 15) is 9.18 Å². The number of benzene rings is 1. The third kappa shape index (κ3) is 3.44. The second-order valence-corrected chi connectivity index (χ2v) is 7.45. The smallest absolute Gasteiger partial charge is 0.228 e. The van der Waals surface area contributed by atoms with Gasteiger partial charge in [0.1, 0.15) is 5.82 Å². The summed E-state index contributed by atoms with van der Waals surface area (Å²) in [6.45, 7) is 3.03. The Hall–Kier alpha value is -1.17. The van der Waals surface area contributed by atoms with Crippen LogP contribution in [0.2, 0.25) is 5.02 Å². The number of methoxy groups -OCH3 is 1. The minimum absolute atomic E-state index is 0.116. The average Bonchev–Trinajstić information content (AvgIpc) is 2.56. The van der Waals surface area contributed by atoms with Crippen LogP contribution in [-0.2, 0) is 16.1 Å². The molecule has 1 aromatic carbocycles. The molecule has 3 rings (SSSR count). The number of hydrogen-bond acceptors (Lipinski definition) is 3. The molecule has 2 fully saturated rings. The summed E-state index contributed by atoms with van der Waals surface area (Å²) < 4.78 is 18.7. The Labute approximate surface area is 147 Å². The molecule has 0 N–H and O–H groups in total. The average molecular weight is 355 g/mol. The first-order valence-electron chi connectivity index (χ1n) is 8.38. The first-order chi connectivity index (χ1) is 11.4. The number of carbonyl (C=O) groups is 1. The van der Waals surface area contributed by atoms with Gasteiger partial charge >= 0.3 is 0 Å². The lowest BCUT2D eigenvalue weighted by Crippen LogP contribution is -2.56. The molecule has 0 saturated carbocycles. The van der Waals surface area contributed by atoms with Crippen molar-refractivity contribution in [3.05, 3.63) is 34.6 Å². The molecule has 0 bridgehead atoms. The van der Waals surface area contributed by atoms with E-state index in [-0.39, 0.29) is 23.2 Å². The van der Waals surface area contributed by atoms with Crippen molar-refractivity contribution < 1.29 is 13.9 Å². The highest BCUT2D eigenvalue weighted by atomic mass is 35.5. The quantitative estimate of drug-likeness (QED) is 0.836. The summed E-state index contributed by atoms with van der Waals surface area (Å²) in [5.41, 5.74) is 0.632. The topological polar surface area (TPSA) is 32.8 Å². The normalized spacial score (nSPS) is 24.6. The summed E-state index contributed by atoms with van der Waals surface area (Å²) in [5, 5.41) is 0.461. The van der Waals surface area contributed by atoms with E-state index in [4.69, 9.17) is 16.3 Å². The Morgan fingerprint density at radius 1 is 1.38 bits per heavy atom. The summed E-state index contributed by atoms with van der Waals surface area (Å²) in [6, 6.07) is 4.53. The fraction of sp³-hybridized carbons (Fsp3) is 0.611. The maximum absolute atomic E-state index is 13.2. The Balaban J connectivity index is 1.65. The number of likely N-dealkylation sites (tertiary alicyclic amines) is 2. The second kappa shape index (κ2) is 6.98. The van der Waals surface area contributed by atoms with Gasteiger partial charge in [0, 0.05) is 32.3 Å². The largest absolute Gasteiger partial charge is 0.380 e. The molecule has 0 aromatic heterocycles. The number of rotatable bonds is 3. The lowest BCUT2D eigenvalue weighted by molar-refractivity contribution is -0.156. The van der Waals surface area contributed by atoms with E-state index in [1.807, 2.05) is 11.9 Å². The Morgan fingerprint density at radius 3 is 2.71 bits per heavy atom. The maximum atomic E-state index is 13.2. The van der Waals surface area contributed by atoms with Crippen LogP contribution < -0.4 is 0 Å². The Bertz CT molecular complexity index is 617. The van der Waals surface area contributed by atoms with Crippen LogP contribution in [0, 0.1) is 11.2 Å². The molecule has 0 radical (unpaired) electrons. The first-order valence-corrected chi connectivity index (χ1v) is 8.76. The van der Waals surface area contributed by atoms with Gasteiger partial charge in [-0.05, 0) is 50.0 Å². The van der Waals surface area contributed by atoms with E-state index >= 15 is 0 Å². The minimum atomic E-state index is -0.317. The van der Waals surface area contributed by atoms with E-state index in [0.717, 1.165) is 37.9 Å².